The van der Waals surface area contributed by atoms with E-state index in [1.807, 2.05) is 79.1 Å². The van der Waals surface area contributed by atoms with E-state index >= 15 is 0 Å². The molecule has 0 radical (unpaired) electrons. The van der Waals surface area contributed by atoms with Gasteiger partial charge in [0.2, 0.25) is 0 Å². The van der Waals surface area contributed by atoms with E-state index in [4.69, 9.17) is 0 Å². The molecule has 0 amide bonds. The number of aryl methyl sites for hydroxylation is 3. The predicted molar refractivity (Wildman–Crippen MR) is 129 cm³/mol. The maximum absolute atomic E-state index is 4.21. The van der Waals surface area contributed by atoms with Crippen molar-refractivity contribution in [3.63, 3.8) is 0 Å². The van der Waals surface area contributed by atoms with Crippen LogP contribution < -0.4 is 0 Å². The van der Waals surface area contributed by atoms with Gasteiger partial charge in [0.15, 0.2) is 11.5 Å². The van der Waals surface area contributed by atoms with E-state index in [9.17, 15) is 0 Å². The minimum Gasteiger partial charge on any atom is -0.340 e. The molecule has 6 aromatic rings. The van der Waals surface area contributed by atoms with Crippen molar-refractivity contribution in [3.8, 4) is 22.6 Å². The summed E-state index contributed by atoms with van der Waals surface area (Å²) in [6.45, 7) is 0. The third-order valence-electron chi connectivity index (χ3n) is 4.65. The number of fused-ring (bicyclic) bond motifs is 1. The fourth-order valence-electron chi connectivity index (χ4n) is 3.01. The molecule has 0 aliphatic rings. The second-order valence-electron chi connectivity index (χ2n) is 7.35. The van der Waals surface area contributed by atoms with Crippen molar-refractivity contribution in [2.24, 2.45) is 21.1 Å². The summed E-state index contributed by atoms with van der Waals surface area (Å²) in [6.07, 6.45) is 16.0. The van der Waals surface area contributed by atoms with Gasteiger partial charge in [-0.05, 0) is 36.4 Å². The normalized spacial score (nSPS) is 10.2. The summed E-state index contributed by atoms with van der Waals surface area (Å²) in [7, 11) is 5.72. The smallest absolute Gasteiger partial charge is 0.182 e. The van der Waals surface area contributed by atoms with Crippen LogP contribution in [0.15, 0.2) is 92.6 Å². The van der Waals surface area contributed by atoms with Gasteiger partial charge in [0.1, 0.15) is 11.8 Å². The third kappa shape index (κ3) is 5.74. The molecule has 0 saturated carbocycles. The highest BCUT2D eigenvalue weighted by molar-refractivity contribution is 5.69. The van der Waals surface area contributed by atoms with Crippen molar-refractivity contribution in [2.45, 2.75) is 0 Å². The van der Waals surface area contributed by atoms with Crippen LogP contribution in [-0.4, -0.2) is 48.8 Å². The monoisotopic (exact) mass is 452 g/mol. The zero-order chi connectivity index (χ0) is 23.8. The first kappa shape index (κ1) is 22.5. The lowest BCUT2D eigenvalue weighted by Gasteiger charge is -1.92. The number of nitrogens with zero attached hydrogens (tertiary/aromatic N) is 10. The van der Waals surface area contributed by atoms with Crippen LogP contribution in [0.2, 0.25) is 0 Å². The van der Waals surface area contributed by atoms with Gasteiger partial charge in [-0.3, -0.25) is 14.6 Å². The standard InChI is InChI=1S/C9H9N3.C8H8N4.C7H7N3/c1-12-6-9(11-7-12)8-3-2-4-10-5-8;1-12-6-10-8(11-12)7-3-2-4-9-5-7;1-10-5-9-6-3-2-4-8-7(6)10/h2-7H,1H3;2-6H,1H3;2-5H,1H3. The third-order valence-corrected chi connectivity index (χ3v) is 4.65. The average Bonchev–Trinajstić information content (AvgIpc) is 3.62. The van der Waals surface area contributed by atoms with Crippen LogP contribution in [0.3, 0.4) is 0 Å². The van der Waals surface area contributed by atoms with Crippen LogP contribution in [0.4, 0.5) is 0 Å². The first-order valence-electron chi connectivity index (χ1n) is 10.5. The van der Waals surface area contributed by atoms with Gasteiger partial charge in [-0.25, -0.2) is 19.9 Å². The molecule has 0 atom stereocenters. The average molecular weight is 453 g/mol. The number of pyridine rings is 3. The van der Waals surface area contributed by atoms with E-state index in [0.29, 0.717) is 5.82 Å². The number of aromatic nitrogens is 10. The molecule has 0 spiro atoms. The summed E-state index contributed by atoms with van der Waals surface area (Å²) in [5.74, 6) is 0.714. The Hall–Kier alpha value is -4.73. The highest BCUT2D eigenvalue weighted by Crippen LogP contribution is 2.13. The molecule has 0 unspecified atom stereocenters. The molecule has 0 saturated heterocycles. The van der Waals surface area contributed by atoms with Gasteiger partial charge < -0.3 is 9.13 Å². The van der Waals surface area contributed by atoms with Crippen LogP contribution in [-0.2, 0) is 21.1 Å². The molecule has 34 heavy (non-hydrogen) atoms. The summed E-state index contributed by atoms with van der Waals surface area (Å²) in [4.78, 5) is 24.6. The van der Waals surface area contributed by atoms with Crippen LogP contribution >= 0.6 is 0 Å². The van der Waals surface area contributed by atoms with E-state index in [2.05, 4.69) is 35.0 Å². The van der Waals surface area contributed by atoms with E-state index in [-0.39, 0.29) is 0 Å². The van der Waals surface area contributed by atoms with Crippen LogP contribution in [0.1, 0.15) is 0 Å². The number of rotatable bonds is 2. The van der Waals surface area contributed by atoms with Crippen molar-refractivity contribution >= 4 is 11.2 Å². The minimum atomic E-state index is 0.714. The fraction of sp³-hybridized carbons (Fsp3) is 0.125. The lowest BCUT2D eigenvalue weighted by atomic mass is 10.2. The van der Waals surface area contributed by atoms with E-state index < -0.39 is 0 Å². The largest absolute Gasteiger partial charge is 0.340 e. The van der Waals surface area contributed by atoms with E-state index in [0.717, 1.165) is 28.0 Å². The quantitative estimate of drug-likeness (QED) is 0.397. The van der Waals surface area contributed by atoms with Gasteiger partial charge in [0.05, 0.1) is 18.3 Å². The molecule has 6 aromatic heterocycles. The molecule has 0 aromatic carbocycles. The summed E-state index contributed by atoms with van der Waals surface area (Å²) in [5.41, 5.74) is 4.84. The molecular formula is C24H24N10. The molecule has 6 rings (SSSR count). The molecule has 10 heteroatoms. The van der Waals surface area contributed by atoms with Crippen molar-refractivity contribution in [2.75, 3.05) is 0 Å². The van der Waals surface area contributed by atoms with Gasteiger partial charge in [-0.2, -0.15) is 5.10 Å². The Morgan fingerprint density at radius 3 is 2.00 bits per heavy atom. The SMILES string of the molecule is Cn1cnc(-c2cccnc2)c1.Cn1cnc(-c2cccnc2)n1.Cn1cnc2cccnc21. The first-order valence-corrected chi connectivity index (χ1v) is 10.5. The molecule has 10 nitrogen and oxygen atoms in total. The molecule has 170 valence electrons. The van der Waals surface area contributed by atoms with Gasteiger partial charge in [0.25, 0.3) is 0 Å². The number of hydrogen-bond donors (Lipinski definition) is 0. The lowest BCUT2D eigenvalue weighted by molar-refractivity contribution is 0.768. The van der Waals surface area contributed by atoms with E-state index in [1.54, 1.807) is 48.5 Å². The molecule has 0 bridgehead atoms. The summed E-state index contributed by atoms with van der Waals surface area (Å²) >= 11 is 0. The second-order valence-corrected chi connectivity index (χ2v) is 7.35. The molecule has 0 aliphatic carbocycles. The molecule has 0 N–H and O–H groups in total. The molecule has 6 heterocycles. The van der Waals surface area contributed by atoms with Crippen molar-refractivity contribution in [1.29, 1.82) is 0 Å². The zero-order valence-electron chi connectivity index (χ0n) is 19.1. The Balaban J connectivity index is 0.000000121. The zero-order valence-corrected chi connectivity index (χ0v) is 19.1. The second kappa shape index (κ2) is 10.7. The number of hydrogen-bond acceptors (Lipinski definition) is 7. The fourth-order valence-corrected chi connectivity index (χ4v) is 3.01. The Morgan fingerprint density at radius 1 is 0.676 bits per heavy atom. The highest BCUT2D eigenvalue weighted by Gasteiger charge is 2.00. The summed E-state index contributed by atoms with van der Waals surface area (Å²) in [6, 6.07) is 11.5. The minimum absolute atomic E-state index is 0.714. The van der Waals surface area contributed by atoms with Crippen LogP contribution in [0, 0.1) is 0 Å². The summed E-state index contributed by atoms with van der Waals surface area (Å²) < 4.78 is 5.49. The lowest BCUT2D eigenvalue weighted by Crippen LogP contribution is -1.87. The Morgan fingerprint density at radius 2 is 1.41 bits per heavy atom. The number of imidazole rings is 2. The topological polar surface area (TPSA) is 105 Å². The van der Waals surface area contributed by atoms with Crippen LogP contribution in [0.5, 0.6) is 0 Å². The Kier molecular flexibility index (Phi) is 7.09. The first-order chi connectivity index (χ1) is 16.6. The summed E-state index contributed by atoms with van der Waals surface area (Å²) in [5, 5.41) is 4.15. The van der Waals surface area contributed by atoms with Crippen molar-refractivity contribution < 1.29 is 0 Å². The van der Waals surface area contributed by atoms with Gasteiger partial charge >= 0.3 is 0 Å². The maximum Gasteiger partial charge on any atom is 0.182 e. The Bertz CT molecular complexity index is 1360. The molecular weight excluding hydrogens is 428 g/mol. The highest BCUT2D eigenvalue weighted by atomic mass is 15.3. The molecule has 0 fully saturated rings. The van der Waals surface area contributed by atoms with Crippen LogP contribution in [0.25, 0.3) is 33.8 Å². The Labute approximate surface area is 196 Å². The van der Waals surface area contributed by atoms with Gasteiger partial charge in [-0.1, -0.05) is 0 Å². The van der Waals surface area contributed by atoms with Crippen molar-refractivity contribution in [3.05, 3.63) is 92.6 Å². The van der Waals surface area contributed by atoms with Gasteiger partial charge in [-0.15, -0.1) is 0 Å². The predicted octanol–water partition coefficient (Wildman–Crippen LogP) is 3.33. The maximum atomic E-state index is 4.21. The van der Waals surface area contributed by atoms with E-state index in [1.165, 1.54) is 0 Å². The van der Waals surface area contributed by atoms with Crippen molar-refractivity contribution in [1.82, 2.24) is 48.8 Å². The molecule has 0 aliphatic heterocycles. The van der Waals surface area contributed by atoms with Gasteiger partial charge in [0, 0.05) is 69.5 Å².